The Labute approximate surface area is 182 Å². The minimum absolute atomic E-state index is 0.00817. The number of fused-ring (bicyclic) bond motifs is 1. The molecular formula is C24H28N4O3. The minimum Gasteiger partial charge on any atom is -0.360 e. The fourth-order valence-corrected chi connectivity index (χ4v) is 5.21. The van der Waals surface area contributed by atoms with Crippen LogP contribution in [0.2, 0.25) is 0 Å². The number of carbonyl (C=O) groups excluding carboxylic acids is 2. The first-order valence-electron chi connectivity index (χ1n) is 10.7. The van der Waals surface area contributed by atoms with Gasteiger partial charge in [0.15, 0.2) is 0 Å². The third kappa shape index (κ3) is 3.10. The highest BCUT2D eigenvalue weighted by molar-refractivity contribution is 5.93. The number of likely N-dealkylation sites (tertiary alicyclic amines) is 1. The Morgan fingerprint density at radius 2 is 2.13 bits per heavy atom. The maximum atomic E-state index is 13.5. The van der Waals surface area contributed by atoms with Crippen LogP contribution in [0.5, 0.6) is 0 Å². The van der Waals surface area contributed by atoms with Crippen molar-refractivity contribution in [2.75, 3.05) is 13.6 Å². The van der Waals surface area contributed by atoms with Crippen LogP contribution >= 0.6 is 0 Å². The zero-order valence-electron chi connectivity index (χ0n) is 18.4. The lowest BCUT2D eigenvalue weighted by molar-refractivity contribution is -0.143. The molecule has 4 heterocycles. The van der Waals surface area contributed by atoms with E-state index >= 15 is 0 Å². The van der Waals surface area contributed by atoms with Crippen molar-refractivity contribution in [3.8, 4) is 0 Å². The van der Waals surface area contributed by atoms with Gasteiger partial charge in [-0.05, 0) is 30.5 Å². The molecule has 0 unspecified atom stereocenters. The van der Waals surface area contributed by atoms with Crippen LogP contribution in [0.15, 0.2) is 42.7 Å². The molecule has 4 atom stereocenters. The predicted octanol–water partition coefficient (Wildman–Crippen LogP) is 1.98. The molecule has 1 aromatic heterocycles. The highest BCUT2D eigenvalue weighted by Crippen LogP contribution is 2.52. The smallest absolute Gasteiger partial charge is 0.230 e. The van der Waals surface area contributed by atoms with Crippen LogP contribution < -0.4 is 0 Å². The van der Waals surface area contributed by atoms with Crippen LogP contribution in [0, 0.1) is 25.7 Å². The van der Waals surface area contributed by atoms with Crippen LogP contribution in [0.25, 0.3) is 0 Å². The van der Waals surface area contributed by atoms with E-state index in [1.54, 1.807) is 18.1 Å². The molecule has 2 aromatic rings. The molecule has 0 saturated carbocycles. The van der Waals surface area contributed by atoms with Crippen LogP contribution in [0.4, 0.5) is 0 Å². The first-order chi connectivity index (χ1) is 14.8. The van der Waals surface area contributed by atoms with Crippen molar-refractivity contribution in [1.82, 2.24) is 19.4 Å². The molecule has 0 aliphatic carbocycles. The van der Waals surface area contributed by atoms with E-state index in [0.29, 0.717) is 19.6 Å². The molecule has 0 radical (unpaired) electrons. The molecule has 2 bridgehead atoms. The van der Waals surface area contributed by atoms with Crippen molar-refractivity contribution in [2.24, 2.45) is 18.9 Å². The van der Waals surface area contributed by atoms with Gasteiger partial charge in [0, 0.05) is 33.0 Å². The van der Waals surface area contributed by atoms with Gasteiger partial charge < -0.3 is 19.1 Å². The van der Waals surface area contributed by atoms with Crippen LogP contribution in [0.3, 0.4) is 0 Å². The van der Waals surface area contributed by atoms with Gasteiger partial charge in [0.05, 0.1) is 31.0 Å². The molecule has 5 rings (SSSR count). The third-order valence-electron chi connectivity index (χ3n) is 7.08. The fourth-order valence-electron chi connectivity index (χ4n) is 5.21. The van der Waals surface area contributed by atoms with Gasteiger partial charge >= 0.3 is 0 Å². The molecule has 0 N–H and O–H groups in total. The number of ether oxygens (including phenoxy) is 1. The summed E-state index contributed by atoms with van der Waals surface area (Å²) in [4.78, 5) is 34.7. The first kappa shape index (κ1) is 20.0. The normalized spacial score (nSPS) is 28.5. The number of imidazole rings is 1. The SMILES string of the molecule is Cc1ccc(CN2C[C@]34C=C[C@H](O3)[C@H](C(=O)N(C)Cc3nccn3C)[C@H]4C2=O)cc1C. The Balaban J connectivity index is 1.36. The summed E-state index contributed by atoms with van der Waals surface area (Å²) < 4.78 is 8.16. The summed E-state index contributed by atoms with van der Waals surface area (Å²) in [6.07, 6.45) is 7.20. The van der Waals surface area contributed by atoms with Gasteiger partial charge in [-0.15, -0.1) is 0 Å². The second-order valence-corrected chi connectivity index (χ2v) is 9.16. The van der Waals surface area contributed by atoms with Crippen molar-refractivity contribution in [2.45, 2.75) is 38.6 Å². The number of benzene rings is 1. The lowest BCUT2D eigenvalue weighted by Gasteiger charge is -2.27. The molecule has 3 aliphatic heterocycles. The van der Waals surface area contributed by atoms with E-state index in [2.05, 4.69) is 37.0 Å². The quantitative estimate of drug-likeness (QED) is 0.694. The summed E-state index contributed by atoms with van der Waals surface area (Å²) in [6, 6.07) is 6.29. The average Bonchev–Trinajstić information content (AvgIpc) is 3.47. The van der Waals surface area contributed by atoms with Crippen molar-refractivity contribution >= 4 is 11.8 Å². The van der Waals surface area contributed by atoms with E-state index in [1.165, 1.54) is 11.1 Å². The van der Waals surface area contributed by atoms with Gasteiger partial charge in [-0.2, -0.15) is 0 Å². The van der Waals surface area contributed by atoms with Gasteiger partial charge in [0.2, 0.25) is 11.8 Å². The van der Waals surface area contributed by atoms with E-state index in [-0.39, 0.29) is 17.9 Å². The molecule has 31 heavy (non-hydrogen) atoms. The number of aryl methyl sites for hydroxylation is 3. The van der Waals surface area contributed by atoms with Gasteiger partial charge in [-0.1, -0.05) is 30.4 Å². The summed E-state index contributed by atoms with van der Waals surface area (Å²) >= 11 is 0. The maximum absolute atomic E-state index is 13.5. The largest absolute Gasteiger partial charge is 0.360 e. The molecule has 2 fully saturated rings. The number of hydrogen-bond acceptors (Lipinski definition) is 4. The van der Waals surface area contributed by atoms with Crippen molar-refractivity contribution in [3.05, 3.63) is 65.3 Å². The molecule has 162 valence electrons. The first-order valence-corrected chi connectivity index (χ1v) is 10.7. The van der Waals surface area contributed by atoms with Crippen LogP contribution in [-0.4, -0.2) is 56.5 Å². The Bertz CT molecular complexity index is 1090. The molecule has 2 amide bonds. The number of carbonyl (C=O) groups is 2. The van der Waals surface area contributed by atoms with Gasteiger partial charge in [0.25, 0.3) is 0 Å². The molecule has 7 nitrogen and oxygen atoms in total. The molecule has 1 spiro atoms. The number of amides is 2. The molecule has 1 aromatic carbocycles. The molecule has 3 aliphatic rings. The number of nitrogens with zero attached hydrogens (tertiary/aromatic N) is 4. The molecular weight excluding hydrogens is 392 g/mol. The minimum atomic E-state index is -0.689. The maximum Gasteiger partial charge on any atom is 0.230 e. The van der Waals surface area contributed by atoms with E-state index in [9.17, 15) is 9.59 Å². The highest BCUT2D eigenvalue weighted by atomic mass is 16.5. The third-order valence-corrected chi connectivity index (χ3v) is 7.08. The van der Waals surface area contributed by atoms with Crippen molar-refractivity contribution in [1.29, 1.82) is 0 Å². The lowest BCUT2D eigenvalue weighted by Crippen LogP contribution is -2.44. The molecule has 2 saturated heterocycles. The van der Waals surface area contributed by atoms with Crippen LogP contribution in [0.1, 0.15) is 22.5 Å². The highest BCUT2D eigenvalue weighted by Gasteiger charge is 2.67. The number of aromatic nitrogens is 2. The zero-order valence-corrected chi connectivity index (χ0v) is 18.4. The van der Waals surface area contributed by atoms with E-state index in [4.69, 9.17) is 4.74 Å². The summed E-state index contributed by atoms with van der Waals surface area (Å²) in [5.74, 6) is -0.211. The van der Waals surface area contributed by atoms with E-state index in [1.807, 2.05) is 34.9 Å². The second-order valence-electron chi connectivity index (χ2n) is 9.16. The summed E-state index contributed by atoms with van der Waals surface area (Å²) in [7, 11) is 3.68. The van der Waals surface area contributed by atoms with E-state index < -0.39 is 17.4 Å². The number of rotatable bonds is 5. The van der Waals surface area contributed by atoms with Gasteiger partial charge in [-0.25, -0.2) is 4.98 Å². The van der Waals surface area contributed by atoms with Gasteiger partial charge in [0.1, 0.15) is 11.4 Å². The van der Waals surface area contributed by atoms with Crippen molar-refractivity contribution < 1.29 is 14.3 Å². The summed E-state index contributed by atoms with van der Waals surface area (Å²) in [5.41, 5.74) is 2.86. The lowest BCUT2D eigenvalue weighted by atomic mass is 9.76. The Morgan fingerprint density at radius 1 is 1.32 bits per heavy atom. The van der Waals surface area contributed by atoms with Crippen molar-refractivity contribution in [3.63, 3.8) is 0 Å². The topological polar surface area (TPSA) is 67.7 Å². The monoisotopic (exact) mass is 420 g/mol. The molecule has 7 heteroatoms. The average molecular weight is 421 g/mol. The fraction of sp³-hybridized carbons (Fsp3) is 0.458. The Kier molecular flexibility index (Phi) is 4.55. The Hall–Kier alpha value is -2.93. The zero-order chi connectivity index (χ0) is 21.9. The second kappa shape index (κ2) is 7.05. The van der Waals surface area contributed by atoms with Gasteiger partial charge in [-0.3, -0.25) is 9.59 Å². The van der Waals surface area contributed by atoms with Crippen LogP contribution in [-0.2, 0) is 34.5 Å². The van der Waals surface area contributed by atoms with E-state index in [0.717, 1.165) is 11.4 Å². The standard InChI is InChI=1S/C24H28N4O3/c1-15-5-6-17(11-16(15)2)12-28-14-24-8-7-18(31-24)20(21(24)23(28)30)22(29)27(4)13-19-25-9-10-26(19)3/h5-11,18,20-21H,12-14H2,1-4H3/t18-,20-,21-,24-/m0/s1. The summed E-state index contributed by atoms with van der Waals surface area (Å²) in [6.45, 7) is 5.58. The predicted molar refractivity (Wildman–Crippen MR) is 115 cm³/mol. The number of hydrogen-bond donors (Lipinski definition) is 0. The summed E-state index contributed by atoms with van der Waals surface area (Å²) in [5, 5.41) is 0. The Morgan fingerprint density at radius 3 is 2.84 bits per heavy atom.